The quantitative estimate of drug-likeness (QED) is 0.215. The first kappa shape index (κ1) is 32.0. The molecular formula is C28H44N4O7. The Labute approximate surface area is 230 Å². The minimum atomic E-state index is -1.14. The van der Waals surface area contributed by atoms with Crippen LogP contribution in [0.4, 0.5) is 0 Å². The van der Waals surface area contributed by atoms with Crippen molar-refractivity contribution in [3.05, 3.63) is 29.8 Å². The minimum absolute atomic E-state index is 0.0697. The van der Waals surface area contributed by atoms with Gasteiger partial charge in [-0.25, -0.2) is 4.79 Å². The molecule has 1 aromatic carbocycles. The summed E-state index contributed by atoms with van der Waals surface area (Å²) < 4.78 is 5.36. The smallest absolute Gasteiger partial charge is 0.326 e. The van der Waals surface area contributed by atoms with E-state index >= 15 is 0 Å². The van der Waals surface area contributed by atoms with E-state index in [1.807, 2.05) is 27.7 Å². The lowest BCUT2D eigenvalue weighted by atomic mass is 9.88. The average molecular weight is 549 g/mol. The Morgan fingerprint density at radius 1 is 1.05 bits per heavy atom. The number of carbonyl (C=O) groups excluding carboxylic acids is 3. The normalized spacial score (nSPS) is 18.7. The van der Waals surface area contributed by atoms with Gasteiger partial charge in [-0.15, -0.1) is 0 Å². The molecule has 0 saturated carbocycles. The van der Waals surface area contributed by atoms with Crippen molar-refractivity contribution in [2.45, 2.75) is 84.5 Å². The lowest BCUT2D eigenvalue weighted by molar-refractivity contribution is -0.143. The predicted molar refractivity (Wildman–Crippen MR) is 146 cm³/mol. The third-order valence-electron chi connectivity index (χ3n) is 6.84. The number of benzene rings is 1. The van der Waals surface area contributed by atoms with E-state index in [9.17, 15) is 29.4 Å². The van der Waals surface area contributed by atoms with Crippen LogP contribution in [0, 0.1) is 11.3 Å². The van der Waals surface area contributed by atoms with Crippen LogP contribution in [0.25, 0.3) is 0 Å². The summed E-state index contributed by atoms with van der Waals surface area (Å²) in [5.74, 6) is -2.94. The van der Waals surface area contributed by atoms with Crippen LogP contribution in [-0.4, -0.2) is 77.8 Å². The predicted octanol–water partition coefficient (Wildman–Crippen LogP) is 1.33. The number of aliphatic carboxylic acids is 1. The van der Waals surface area contributed by atoms with Crippen LogP contribution in [0.2, 0.25) is 0 Å². The van der Waals surface area contributed by atoms with E-state index in [2.05, 4.69) is 21.3 Å². The number of carboxylic acid groups (broad SMARTS) is 1. The third-order valence-corrected chi connectivity index (χ3v) is 6.84. The molecule has 0 aromatic heterocycles. The maximum Gasteiger partial charge on any atom is 0.326 e. The van der Waals surface area contributed by atoms with Gasteiger partial charge in [0.25, 0.3) is 0 Å². The van der Waals surface area contributed by atoms with Gasteiger partial charge in [0.05, 0.1) is 13.2 Å². The second kappa shape index (κ2) is 14.8. The van der Waals surface area contributed by atoms with E-state index in [1.54, 1.807) is 19.1 Å². The molecule has 5 atom stereocenters. The second-order valence-electron chi connectivity index (χ2n) is 11.4. The maximum atomic E-state index is 13.5. The molecule has 6 N–H and O–H groups in total. The number of morpholine rings is 1. The van der Waals surface area contributed by atoms with Crippen LogP contribution in [0.1, 0.15) is 59.4 Å². The standard InChI is InChI=1S/C28H44N4O7/c1-6-17(2)23(26(36)30-20(27(37)38)11-12-28(3,4)5)32-24(34)21(15-18-7-9-19(33)10-8-18)31-25(35)22-16-39-14-13-29-22/h7-10,17,20-23,29,33H,6,11-16H2,1-5H3,(H,30,36)(H,31,35)(H,32,34)(H,37,38)/t17-,20-,21-,22+,23-/m0/s1. The number of phenols is 1. The molecule has 0 aliphatic carbocycles. The second-order valence-corrected chi connectivity index (χ2v) is 11.4. The molecule has 2 rings (SSSR count). The monoisotopic (exact) mass is 548 g/mol. The fourth-order valence-corrected chi connectivity index (χ4v) is 4.14. The molecule has 0 radical (unpaired) electrons. The highest BCUT2D eigenvalue weighted by atomic mass is 16.5. The van der Waals surface area contributed by atoms with Gasteiger partial charge in [0, 0.05) is 13.0 Å². The minimum Gasteiger partial charge on any atom is -0.508 e. The molecule has 1 saturated heterocycles. The Balaban J connectivity index is 2.21. The van der Waals surface area contributed by atoms with Gasteiger partial charge in [-0.05, 0) is 41.9 Å². The van der Waals surface area contributed by atoms with Crippen molar-refractivity contribution < 1.29 is 34.1 Å². The summed E-state index contributed by atoms with van der Waals surface area (Å²) in [5.41, 5.74) is 0.583. The molecule has 1 heterocycles. The zero-order chi connectivity index (χ0) is 29.2. The highest BCUT2D eigenvalue weighted by molar-refractivity contribution is 5.94. The van der Waals surface area contributed by atoms with E-state index in [0.717, 1.165) is 0 Å². The molecule has 0 bridgehead atoms. The molecular weight excluding hydrogens is 504 g/mol. The topological polar surface area (TPSA) is 166 Å². The first-order valence-electron chi connectivity index (χ1n) is 13.5. The van der Waals surface area contributed by atoms with Gasteiger partial charge in [0.2, 0.25) is 17.7 Å². The third kappa shape index (κ3) is 10.8. The SMILES string of the molecule is CC[C@H](C)[C@H](NC(=O)[C@H](Cc1ccc(O)cc1)NC(=O)[C@H]1COCCN1)C(=O)N[C@@H](CCC(C)(C)C)C(=O)O. The molecule has 11 nitrogen and oxygen atoms in total. The lowest BCUT2D eigenvalue weighted by Gasteiger charge is -2.29. The van der Waals surface area contributed by atoms with Crippen molar-refractivity contribution >= 4 is 23.7 Å². The van der Waals surface area contributed by atoms with E-state index in [1.165, 1.54) is 12.1 Å². The maximum absolute atomic E-state index is 13.5. The largest absolute Gasteiger partial charge is 0.508 e. The van der Waals surface area contributed by atoms with Crippen molar-refractivity contribution in [2.24, 2.45) is 11.3 Å². The number of nitrogens with one attached hydrogen (secondary N) is 4. The van der Waals surface area contributed by atoms with Crippen LogP contribution < -0.4 is 21.3 Å². The van der Waals surface area contributed by atoms with E-state index < -0.39 is 47.9 Å². The summed E-state index contributed by atoms with van der Waals surface area (Å²) in [6.07, 6.45) is 1.51. The Morgan fingerprint density at radius 2 is 1.72 bits per heavy atom. The number of hydrogen-bond donors (Lipinski definition) is 6. The first-order chi connectivity index (χ1) is 18.3. The number of rotatable bonds is 13. The Kier molecular flexibility index (Phi) is 12.2. The zero-order valence-corrected chi connectivity index (χ0v) is 23.6. The number of carbonyl (C=O) groups is 4. The summed E-state index contributed by atoms with van der Waals surface area (Å²) >= 11 is 0. The summed E-state index contributed by atoms with van der Waals surface area (Å²) in [7, 11) is 0. The van der Waals surface area contributed by atoms with Crippen LogP contribution in [0.5, 0.6) is 5.75 Å². The molecule has 218 valence electrons. The van der Waals surface area contributed by atoms with Crippen LogP contribution >= 0.6 is 0 Å². The van der Waals surface area contributed by atoms with Crippen LogP contribution in [0.3, 0.4) is 0 Å². The van der Waals surface area contributed by atoms with Gasteiger partial charge in [0.1, 0.15) is 29.9 Å². The van der Waals surface area contributed by atoms with Crippen LogP contribution in [0.15, 0.2) is 24.3 Å². The van der Waals surface area contributed by atoms with Crippen LogP contribution in [-0.2, 0) is 30.3 Å². The lowest BCUT2D eigenvalue weighted by Crippen LogP contribution is -2.60. The number of hydrogen-bond acceptors (Lipinski definition) is 7. The molecule has 0 unspecified atom stereocenters. The van der Waals surface area contributed by atoms with Gasteiger partial charge in [0.15, 0.2) is 0 Å². The van der Waals surface area contributed by atoms with Gasteiger partial charge in [-0.2, -0.15) is 0 Å². The van der Waals surface area contributed by atoms with E-state index in [4.69, 9.17) is 4.74 Å². The zero-order valence-electron chi connectivity index (χ0n) is 23.6. The molecule has 1 aliphatic rings. The molecule has 1 fully saturated rings. The Morgan fingerprint density at radius 3 is 2.26 bits per heavy atom. The summed E-state index contributed by atoms with van der Waals surface area (Å²) in [5, 5.41) is 30.5. The van der Waals surface area contributed by atoms with Crippen molar-refractivity contribution in [1.29, 1.82) is 0 Å². The highest BCUT2D eigenvalue weighted by Gasteiger charge is 2.33. The Hall–Kier alpha value is -3.18. The fourth-order valence-electron chi connectivity index (χ4n) is 4.14. The van der Waals surface area contributed by atoms with Gasteiger partial charge in [-0.3, -0.25) is 14.4 Å². The van der Waals surface area contributed by atoms with Gasteiger partial charge in [-0.1, -0.05) is 53.2 Å². The number of ether oxygens (including phenoxy) is 1. The summed E-state index contributed by atoms with van der Waals surface area (Å²) in [6.45, 7) is 10.8. The van der Waals surface area contributed by atoms with Gasteiger partial charge >= 0.3 is 5.97 Å². The highest BCUT2D eigenvalue weighted by Crippen LogP contribution is 2.22. The summed E-state index contributed by atoms with van der Waals surface area (Å²) in [4.78, 5) is 51.6. The van der Waals surface area contributed by atoms with E-state index in [0.29, 0.717) is 31.6 Å². The van der Waals surface area contributed by atoms with Gasteiger partial charge < -0.3 is 36.2 Å². The number of amides is 3. The van der Waals surface area contributed by atoms with Crippen molar-refractivity contribution in [3.63, 3.8) is 0 Å². The fraction of sp³-hybridized carbons (Fsp3) is 0.643. The first-order valence-corrected chi connectivity index (χ1v) is 13.5. The number of carboxylic acids is 1. The number of aromatic hydroxyl groups is 1. The molecule has 1 aromatic rings. The van der Waals surface area contributed by atoms with Crippen molar-refractivity contribution in [3.8, 4) is 5.75 Å². The molecule has 1 aliphatic heterocycles. The van der Waals surface area contributed by atoms with Crippen molar-refractivity contribution in [2.75, 3.05) is 19.8 Å². The number of phenolic OH excluding ortho intramolecular Hbond substituents is 1. The Bertz CT molecular complexity index is 971. The molecule has 39 heavy (non-hydrogen) atoms. The molecule has 3 amide bonds. The van der Waals surface area contributed by atoms with Crippen molar-refractivity contribution in [1.82, 2.24) is 21.3 Å². The summed E-state index contributed by atoms with van der Waals surface area (Å²) in [6, 6.07) is 2.52. The molecule has 0 spiro atoms. The molecule has 11 heteroatoms. The van der Waals surface area contributed by atoms with E-state index in [-0.39, 0.29) is 36.5 Å². The average Bonchev–Trinajstić information content (AvgIpc) is 2.89.